The van der Waals surface area contributed by atoms with E-state index in [2.05, 4.69) is 30.4 Å². The molecule has 1 unspecified atom stereocenters. The molecule has 1 aliphatic rings. The van der Waals surface area contributed by atoms with Crippen molar-refractivity contribution < 1.29 is 14.1 Å². The number of amides is 1. The third kappa shape index (κ3) is 3.96. The fraction of sp³-hybridized carbons (Fsp3) is 0.474. The standard InChI is InChI=1S/C19H24N2O3/c1-3-4-5-8-20-19(22)12-16-11-18(24-21-16)14-6-7-17-15(10-14)9-13(2)23-17/h6-7,10-11,13H,3-5,8-9,12H2,1-2H3,(H,20,22). The molecule has 1 aromatic heterocycles. The molecular weight excluding hydrogens is 304 g/mol. The molecule has 3 rings (SSSR count). The highest BCUT2D eigenvalue weighted by Crippen LogP contribution is 2.33. The third-order valence-corrected chi connectivity index (χ3v) is 4.18. The Morgan fingerprint density at radius 2 is 2.21 bits per heavy atom. The maximum Gasteiger partial charge on any atom is 0.226 e. The third-order valence-electron chi connectivity index (χ3n) is 4.18. The molecule has 5 heteroatoms. The molecule has 2 heterocycles. The van der Waals surface area contributed by atoms with E-state index in [0.717, 1.165) is 43.5 Å². The van der Waals surface area contributed by atoms with Gasteiger partial charge >= 0.3 is 0 Å². The number of rotatable bonds is 7. The Balaban J connectivity index is 1.60. The zero-order chi connectivity index (χ0) is 16.9. The van der Waals surface area contributed by atoms with Crippen molar-refractivity contribution in [2.24, 2.45) is 0 Å². The van der Waals surface area contributed by atoms with Crippen LogP contribution in [0.25, 0.3) is 11.3 Å². The van der Waals surface area contributed by atoms with Crippen molar-refractivity contribution in [3.05, 3.63) is 35.5 Å². The average molecular weight is 328 g/mol. The Labute approximate surface area is 142 Å². The van der Waals surface area contributed by atoms with E-state index >= 15 is 0 Å². The lowest BCUT2D eigenvalue weighted by atomic mass is 10.1. The van der Waals surface area contributed by atoms with Crippen LogP contribution < -0.4 is 10.1 Å². The summed E-state index contributed by atoms with van der Waals surface area (Å²) >= 11 is 0. The number of fused-ring (bicyclic) bond motifs is 1. The highest BCUT2D eigenvalue weighted by molar-refractivity contribution is 5.78. The number of benzene rings is 1. The summed E-state index contributed by atoms with van der Waals surface area (Å²) in [5.74, 6) is 1.62. The summed E-state index contributed by atoms with van der Waals surface area (Å²) in [7, 11) is 0. The predicted octanol–water partition coefficient (Wildman–Crippen LogP) is 3.51. The molecule has 128 valence electrons. The normalized spacial score (nSPS) is 15.8. The van der Waals surface area contributed by atoms with E-state index in [-0.39, 0.29) is 18.4 Å². The van der Waals surface area contributed by atoms with Crippen LogP contribution in [0, 0.1) is 0 Å². The van der Waals surface area contributed by atoms with Crippen LogP contribution in [0.4, 0.5) is 0 Å². The molecular formula is C19H24N2O3. The molecule has 0 fully saturated rings. The second-order valence-electron chi connectivity index (χ2n) is 6.37. The molecule has 0 saturated heterocycles. The van der Waals surface area contributed by atoms with Gasteiger partial charge in [-0.1, -0.05) is 24.9 Å². The number of unbranched alkanes of at least 4 members (excludes halogenated alkanes) is 2. The Morgan fingerprint density at radius 3 is 3.04 bits per heavy atom. The molecule has 1 aliphatic heterocycles. The van der Waals surface area contributed by atoms with Crippen LogP contribution in [0.3, 0.4) is 0 Å². The molecule has 1 atom stereocenters. The molecule has 1 aromatic carbocycles. The van der Waals surface area contributed by atoms with Crippen molar-refractivity contribution >= 4 is 5.91 Å². The average Bonchev–Trinajstić information content (AvgIpc) is 3.16. The number of nitrogens with one attached hydrogen (secondary N) is 1. The van der Waals surface area contributed by atoms with Gasteiger partial charge in [0.05, 0.1) is 12.1 Å². The van der Waals surface area contributed by atoms with E-state index in [0.29, 0.717) is 11.5 Å². The minimum Gasteiger partial charge on any atom is -0.490 e. The molecule has 0 spiro atoms. The summed E-state index contributed by atoms with van der Waals surface area (Å²) in [6.45, 7) is 4.93. The fourth-order valence-electron chi connectivity index (χ4n) is 2.94. The van der Waals surface area contributed by atoms with E-state index in [1.165, 1.54) is 5.56 Å². The van der Waals surface area contributed by atoms with Crippen molar-refractivity contribution in [2.75, 3.05) is 6.54 Å². The van der Waals surface area contributed by atoms with Crippen molar-refractivity contribution in [3.63, 3.8) is 0 Å². The van der Waals surface area contributed by atoms with Crippen molar-refractivity contribution in [1.82, 2.24) is 10.5 Å². The molecule has 0 bridgehead atoms. The summed E-state index contributed by atoms with van der Waals surface area (Å²) < 4.78 is 11.1. The van der Waals surface area contributed by atoms with Crippen molar-refractivity contribution in [3.8, 4) is 17.1 Å². The van der Waals surface area contributed by atoms with E-state index < -0.39 is 0 Å². The molecule has 5 nitrogen and oxygen atoms in total. The maximum absolute atomic E-state index is 11.9. The van der Waals surface area contributed by atoms with Gasteiger partial charge in [0.1, 0.15) is 11.9 Å². The van der Waals surface area contributed by atoms with Gasteiger partial charge in [0.15, 0.2) is 5.76 Å². The lowest BCUT2D eigenvalue weighted by molar-refractivity contribution is -0.120. The van der Waals surface area contributed by atoms with Crippen LogP contribution in [0.15, 0.2) is 28.8 Å². The molecule has 0 saturated carbocycles. The number of carbonyl (C=O) groups is 1. The Hall–Kier alpha value is -2.30. The fourth-order valence-corrected chi connectivity index (χ4v) is 2.94. The van der Waals surface area contributed by atoms with Gasteiger partial charge in [-0.15, -0.1) is 0 Å². The topological polar surface area (TPSA) is 64.4 Å². The van der Waals surface area contributed by atoms with Gasteiger partial charge in [-0.3, -0.25) is 4.79 Å². The monoisotopic (exact) mass is 328 g/mol. The highest BCUT2D eigenvalue weighted by Gasteiger charge is 2.20. The number of hydrogen-bond donors (Lipinski definition) is 1. The zero-order valence-electron chi connectivity index (χ0n) is 14.3. The minimum absolute atomic E-state index is 0.0119. The summed E-state index contributed by atoms with van der Waals surface area (Å²) in [6, 6.07) is 7.85. The van der Waals surface area contributed by atoms with Crippen LogP contribution in [0.1, 0.15) is 44.4 Å². The maximum atomic E-state index is 11.9. The first-order valence-electron chi connectivity index (χ1n) is 8.68. The van der Waals surface area contributed by atoms with E-state index in [9.17, 15) is 4.79 Å². The highest BCUT2D eigenvalue weighted by atomic mass is 16.5. The molecule has 1 N–H and O–H groups in total. The first kappa shape index (κ1) is 16.6. The van der Waals surface area contributed by atoms with Gasteiger partial charge in [-0.05, 0) is 37.1 Å². The summed E-state index contributed by atoms with van der Waals surface area (Å²) in [6.07, 6.45) is 4.67. The van der Waals surface area contributed by atoms with Gasteiger partial charge < -0.3 is 14.6 Å². The molecule has 2 aromatic rings. The predicted molar refractivity (Wildman–Crippen MR) is 92.0 cm³/mol. The van der Waals surface area contributed by atoms with Gasteiger partial charge in [0.25, 0.3) is 0 Å². The summed E-state index contributed by atoms with van der Waals surface area (Å²) in [4.78, 5) is 11.9. The Kier molecular flexibility index (Phi) is 5.18. The minimum atomic E-state index is -0.0119. The van der Waals surface area contributed by atoms with Gasteiger partial charge in [0, 0.05) is 24.6 Å². The molecule has 24 heavy (non-hydrogen) atoms. The van der Waals surface area contributed by atoms with Crippen LogP contribution in [0.5, 0.6) is 5.75 Å². The SMILES string of the molecule is CCCCCNC(=O)Cc1cc(-c2ccc3c(c2)CC(C)O3)on1. The zero-order valence-corrected chi connectivity index (χ0v) is 14.3. The number of carbonyl (C=O) groups excluding carboxylic acids is 1. The Bertz CT molecular complexity index is 708. The lowest BCUT2D eigenvalue weighted by Crippen LogP contribution is -2.26. The number of aromatic nitrogens is 1. The van der Waals surface area contributed by atoms with Crippen LogP contribution in [-0.4, -0.2) is 23.7 Å². The number of ether oxygens (including phenoxy) is 1. The van der Waals surface area contributed by atoms with Gasteiger partial charge in [0.2, 0.25) is 5.91 Å². The number of nitrogens with zero attached hydrogens (tertiary/aromatic N) is 1. The second-order valence-corrected chi connectivity index (χ2v) is 6.37. The number of hydrogen-bond acceptors (Lipinski definition) is 4. The van der Waals surface area contributed by atoms with Crippen LogP contribution in [-0.2, 0) is 17.6 Å². The summed E-state index contributed by atoms with van der Waals surface area (Å²) in [5.41, 5.74) is 2.81. The van der Waals surface area contributed by atoms with Crippen LogP contribution in [0.2, 0.25) is 0 Å². The molecule has 1 amide bonds. The van der Waals surface area contributed by atoms with E-state index in [4.69, 9.17) is 9.26 Å². The second kappa shape index (κ2) is 7.51. The van der Waals surface area contributed by atoms with E-state index in [1.54, 1.807) is 0 Å². The Morgan fingerprint density at radius 1 is 1.33 bits per heavy atom. The summed E-state index contributed by atoms with van der Waals surface area (Å²) in [5, 5.41) is 6.94. The van der Waals surface area contributed by atoms with Crippen molar-refractivity contribution in [1.29, 1.82) is 0 Å². The first-order valence-corrected chi connectivity index (χ1v) is 8.68. The van der Waals surface area contributed by atoms with Gasteiger partial charge in [-0.25, -0.2) is 0 Å². The molecule has 0 aliphatic carbocycles. The van der Waals surface area contributed by atoms with Crippen molar-refractivity contribution in [2.45, 2.75) is 52.1 Å². The van der Waals surface area contributed by atoms with Gasteiger partial charge in [-0.2, -0.15) is 0 Å². The lowest BCUT2D eigenvalue weighted by Gasteiger charge is -2.02. The largest absolute Gasteiger partial charge is 0.490 e. The quantitative estimate of drug-likeness (QED) is 0.790. The van der Waals surface area contributed by atoms with E-state index in [1.807, 2.05) is 18.2 Å². The molecule has 0 radical (unpaired) electrons. The van der Waals surface area contributed by atoms with Crippen LogP contribution >= 0.6 is 0 Å². The first-order chi connectivity index (χ1) is 11.7. The smallest absolute Gasteiger partial charge is 0.226 e.